The number of amides is 1. The second kappa shape index (κ2) is 9.97. The summed E-state index contributed by atoms with van der Waals surface area (Å²) in [5.74, 6) is -0.223. The molecule has 7 nitrogen and oxygen atoms in total. The molecule has 0 bridgehead atoms. The van der Waals surface area contributed by atoms with Gasteiger partial charge in [0.2, 0.25) is 5.91 Å². The number of fused-ring (bicyclic) bond motifs is 1. The number of nitrogens with zero attached hydrogens (tertiary/aromatic N) is 4. The second-order valence-electron chi connectivity index (χ2n) is 8.37. The fraction of sp³-hybridized carbons (Fsp3) is 0.455. The monoisotopic (exact) mass is 526 g/mol. The highest BCUT2D eigenvalue weighted by molar-refractivity contribution is 7.91. The highest BCUT2D eigenvalue weighted by Gasteiger charge is 2.40. The number of aromatic nitrogens is 1. The average Bonchev–Trinajstić information content (AvgIpc) is 3.47. The van der Waals surface area contributed by atoms with Gasteiger partial charge in [0.25, 0.3) is 10.0 Å². The number of benzene rings is 1. The number of hydrogen-bond acceptors (Lipinski definition) is 7. The molecule has 2 aromatic heterocycles. The lowest BCUT2D eigenvalue weighted by Crippen LogP contribution is -2.53. The largest absolute Gasteiger partial charge is 0.308 e. The molecule has 3 heterocycles. The summed E-state index contributed by atoms with van der Waals surface area (Å²) in [6.45, 7) is 3.30. The van der Waals surface area contributed by atoms with Crippen molar-refractivity contribution in [3.8, 4) is 0 Å². The van der Waals surface area contributed by atoms with E-state index in [1.54, 1.807) is 22.4 Å². The summed E-state index contributed by atoms with van der Waals surface area (Å²) in [7, 11) is 0.150. The van der Waals surface area contributed by atoms with E-state index in [-0.39, 0.29) is 10.1 Å². The predicted octanol–water partition coefficient (Wildman–Crippen LogP) is 4.46. The first-order valence-electron chi connectivity index (χ1n) is 10.8. The number of thiazole rings is 1. The van der Waals surface area contributed by atoms with Gasteiger partial charge in [0, 0.05) is 24.7 Å². The summed E-state index contributed by atoms with van der Waals surface area (Å²) < 4.78 is 29.3. The highest BCUT2D eigenvalue weighted by atomic mass is 35.5. The number of halogens is 1. The third-order valence-corrected chi connectivity index (χ3v) is 10.5. The van der Waals surface area contributed by atoms with Gasteiger partial charge in [-0.2, -0.15) is 4.31 Å². The minimum Gasteiger partial charge on any atom is -0.308 e. The molecule has 1 aromatic carbocycles. The van der Waals surface area contributed by atoms with E-state index >= 15 is 0 Å². The summed E-state index contributed by atoms with van der Waals surface area (Å²) in [5.41, 5.74) is 1.65. The number of carbonyl (C=O) groups is 1. The summed E-state index contributed by atoms with van der Waals surface area (Å²) in [5, 5.41) is 2.94. The average molecular weight is 527 g/mol. The zero-order chi connectivity index (χ0) is 23.8. The summed E-state index contributed by atoms with van der Waals surface area (Å²) in [6.07, 6.45) is 2.05. The number of rotatable bonds is 7. The van der Waals surface area contributed by atoms with Gasteiger partial charge in [0.05, 0.1) is 10.2 Å². The Morgan fingerprint density at radius 3 is 2.73 bits per heavy atom. The Morgan fingerprint density at radius 2 is 2.03 bits per heavy atom. The van der Waals surface area contributed by atoms with Crippen molar-refractivity contribution in [2.75, 3.05) is 38.6 Å². The van der Waals surface area contributed by atoms with Gasteiger partial charge >= 0.3 is 0 Å². The molecule has 0 aliphatic carbocycles. The molecule has 1 fully saturated rings. The van der Waals surface area contributed by atoms with Crippen LogP contribution in [0.2, 0.25) is 5.02 Å². The Bertz CT molecular complexity index is 1240. The molecule has 3 aromatic rings. The molecule has 4 rings (SSSR count). The standard InChI is InChI=1S/C22H27ClN4O3S3/c1-15-16(23)9-10-18-20(15)24-22(32-18)26(13-12-25(2)3)21(28)17-7-4-5-11-27(17)33(29,30)19-8-6-14-31-19/h6,8-10,14,17H,4-5,7,11-13H2,1-3H3. The number of sulfonamides is 1. The molecule has 1 unspecified atom stereocenters. The van der Waals surface area contributed by atoms with Crippen LogP contribution in [0.25, 0.3) is 10.2 Å². The van der Waals surface area contributed by atoms with E-state index in [0.717, 1.165) is 28.6 Å². The van der Waals surface area contributed by atoms with Crippen molar-refractivity contribution in [1.29, 1.82) is 0 Å². The Kier molecular flexibility index (Phi) is 7.42. The van der Waals surface area contributed by atoms with Gasteiger partial charge in [-0.15, -0.1) is 11.3 Å². The maximum Gasteiger partial charge on any atom is 0.253 e. The van der Waals surface area contributed by atoms with Crippen molar-refractivity contribution >= 4 is 65.6 Å². The molecule has 1 atom stereocenters. The molecule has 0 spiro atoms. The van der Waals surface area contributed by atoms with E-state index in [4.69, 9.17) is 16.6 Å². The molecule has 1 aliphatic rings. The Morgan fingerprint density at radius 1 is 1.24 bits per heavy atom. The second-order valence-corrected chi connectivity index (χ2v) is 12.8. The summed E-state index contributed by atoms with van der Waals surface area (Å²) >= 11 is 8.89. The predicted molar refractivity (Wildman–Crippen MR) is 136 cm³/mol. The molecule has 0 N–H and O–H groups in total. The van der Waals surface area contributed by atoms with Crippen LogP contribution in [-0.4, -0.2) is 68.3 Å². The van der Waals surface area contributed by atoms with Crippen LogP contribution in [0.1, 0.15) is 24.8 Å². The molecule has 11 heteroatoms. The zero-order valence-corrected chi connectivity index (χ0v) is 22.0. The summed E-state index contributed by atoms with van der Waals surface area (Å²) in [4.78, 5) is 22.3. The highest BCUT2D eigenvalue weighted by Crippen LogP contribution is 2.35. The van der Waals surface area contributed by atoms with Gasteiger partial charge in [-0.3, -0.25) is 9.69 Å². The molecule has 1 saturated heterocycles. The van der Waals surface area contributed by atoms with Crippen LogP contribution < -0.4 is 4.90 Å². The van der Waals surface area contributed by atoms with Crippen molar-refractivity contribution in [1.82, 2.24) is 14.2 Å². The topological polar surface area (TPSA) is 73.8 Å². The van der Waals surface area contributed by atoms with Gasteiger partial charge in [0.1, 0.15) is 10.3 Å². The SMILES string of the molecule is Cc1c(Cl)ccc2sc(N(CCN(C)C)C(=O)C3CCCCN3S(=O)(=O)c3cccs3)nc12. The number of thiophene rings is 1. The molecule has 1 aliphatic heterocycles. The van der Waals surface area contributed by atoms with E-state index in [9.17, 15) is 13.2 Å². The third-order valence-electron chi connectivity index (χ3n) is 5.80. The Balaban J connectivity index is 1.72. The molecular formula is C22H27ClN4O3S3. The van der Waals surface area contributed by atoms with E-state index in [0.29, 0.717) is 36.2 Å². The first-order valence-corrected chi connectivity index (χ1v) is 14.3. The zero-order valence-electron chi connectivity index (χ0n) is 18.8. The summed E-state index contributed by atoms with van der Waals surface area (Å²) in [6, 6.07) is 6.32. The third kappa shape index (κ3) is 4.96. The van der Waals surface area contributed by atoms with Crippen molar-refractivity contribution in [2.45, 2.75) is 36.4 Å². The first-order chi connectivity index (χ1) is 15.7. The number of anilines is 1. The fourth-order valence-corrected chi connectivity index (χ4v) is 7.93. The van der Waals surface area contributed by atoms with Gasteiger partial charge in [0.15, 0.2) is 5.13 Å². The number of carbonyl (C=O) groups excluding carboxylic acids is 1. The number of piperidine rings is 1. The fourth-order valence-electron chi connectivity index (χ4n) is 3.95. The molecule has 178 valence electrons. The molecular weight excluding hydrogens is 500 g/mol. The first kappa shape index (κ1) is 24.6. The van der Waals surface area contributed by atoms with Gasteiger partial charge in [-0.25, -0.2) is 13.4 Å². The minimum atomic E-state index is -3.74. The van der Waals surface area contributed by atoms with Crippen LogP contribution in [0.3, 0.4) is 0 Å². The van der Waals surface area contributed by atoms with Crippen LogP contribution in [0.4, 0.5) is 5.13 Å². The van der Waals surface area contributed by atoms with Crippen LogP contribution in [-0.2, 0) is 14.8 Å². The molecule has 1 amide bonds. The van der Waals surface area contributed by atoms with Gasteiger partial charge in [-0.05, 0) is 63.0 Å². The van der Waals surface area contributed by atoms with E-state index in [1.165, 1.54) is 27.0 Å². The van der Waals surface area contributed by atoms with E-state index < -0.39 is 16.1 Å². The normalized spacial score (nSPS) is 17.7. The molecule has 33 heavy (non-hydrogen) atoms. The minimum absolute atomic E-state index is 0.223. The lowest BCUT2D eigenvalue weighted by Gasteiger charge is -2.36. The van der Waals surface area contributed by atoms with Crippen molar-refractivity contribution in [2.24, 2.45) is 0 Å². The van der Waals surface area contributed by atoms with Crippen molar-refractivity contribution in [3.63, 3.8) is 0 Å². The number of aryl methyl sites for hydroxylation is 1. The van der Waals surface area contributed by atoms with Gasteiger partial charge < -0.3 is 4.90 Å². The van der Waals surface area contributed by atoms with Crippen LogP contribution in [0.5, 0.6) is 0 Å². The lowest BCUT2D eigenvalue weighted by molar-refractivity contribution is -0.123. The van der Waals surface area contributed by atoms with Crippen LogP contribution in [0, 0.1) is 6.92 Å². The maximum atomic E-state index is 13.9. The van der Waals surface area contributed by atoms with Crippen LogP contribution >= 0.6 is 34.3 Å². The smallest absolute Gasteiger partial charge is 0.253 e. The number of likely N-dealkylation sites (N-methyl/N-ethyl adjacent to an activating group) is 1. The van der Waals surface area contributed by atoms with E-state index in [1.807, 2.05) is 38.1 Å². The quantitative estimate of drug-likeness (QED) is 0.454. The number of hydrogen-bond donors (Lipinski definition) is 0. The molecule has 0 radical (unpaired) electrons. The van der Waals surface area contributed by atoms with Crippen LogP contribution in [0.15, 0.2) is 33.9 Å². The Labute approximate surface area is 207 Å². The van der Waals surface area contributed by atoms with E-state index in [2.05, 4.69) is 0 Å². The van der Waals surface area contributed by atoms with Crippen molar-refractivity contribution < 1.29 is 13.2 Å². The Hall–Kier alpha value is -1.56. The van der Waals surface area contributed by atoms with Gasteiger partial charge in [-0.1, -0.05) is 35.4 Å². The molecule has 0 saturated carbocycles. The lowest BCUT2D eigenvalue weighted by atomic mass is 10.0. The van der Waals surface area contributed by atoms with Crippen molar-refractivity contribution in [3.05, 3.63) is 40.2 Å². The maximum absolute atomic E-state index is 13.9.